The van der Waals surface area contributed by atoms with Gasteiger partial charge in [-0.25, -0.2) is 9.78 Å². The fourth-order valence-electron chi connectivity index (χ4n) is 1.60. The zero-order valence-electron chi connectivity index (χ0n) is 11.9. The number of halogens is 4. The molecular weight excluding hydrogens is 371 g/mol. The zero-order valence-corrected chi connectivity index (χ0v) is 13.5. The molecule has 2 aromatic rings. The van der Waals surface area contributed by atoms with Gasteiger partial charge in [-0.15, -0.1) is 0 Å². The van der Waals surface area contributed by atoms with Gasteiger partial charge in [-0.1, -0.05) is 13.8 Å². The highest BCUT2D eigenvalue weighted by molar-refractivity contribution is 9.10. The first-order valence-corrected chi connectivity index (χ1v) is 7.11. The lowest BCUT2D eigenvalue weighted by Crippen LogP contribution is -2.08. The summed E-state index contributed by atoms with van der Waals surface area (Å²) in [6.07, 6.45) is -3.92. The van der Waals surface area contributed by atoms with Gasteiger partial charge in [0.2, 0.25) is 0 Å². The van der Waals surface area contributed by atoms with Gasteiger partial charge in [0, 0.05) is 6.20 Å². The topological polar surface area (TPSA) is 72.6 Å². The highest BCUT2D eigenvalue weighted by Gasteiger charge is 2.39. The van der Waals surface area contributed by atoms with E-state index in [0.717, 1.165) is 6.20 Å². The molecule has 0 atom stereocenters. The molecule has 0 amide bonds. The van der Waals surface area contributed by atoms with Crippen molar-refractivity contribution in [2.24, 2.45) is 0 Å². The molecule has 0 unspecified atom stereocenters. The minimum atomic E-state index is -4.80. The maximum atomic E-state index is 12.8. The first kappa shape index (κ1) is 18.3. The number of nitrogens with zero attached hydrogens (tertiary/aromatic N) is 1. The number of rotatable bonds is 2. The zero-order chi connectivity index (χ0) is 17.1. The second-order valence-electron chi connectivity index (χ2n) is 3.66. The van der Waals surface area contributed by atoms with Gasteiger partial charge in [-0.3, -0.25) is 0 Å². The van der Waals surface area contributed by atoms with E-state index in [0.29, 0.717) is 0 Å². The summed E-state index contributed by atoms with van der Waals surface area (Å²) in [7, 11) is 0. The van der Waals surface area contributed by atoms with E-state index in [1.54, 1.807) is 0 Å². The Labute approximate surface area is 132 Å². The summed E-state index contributed by atoms with van der Waals surface area (Å²) in [5.74, 6) is -2.69. The molecule has 2 rings (SSSR count). The Balaban J connectivity index is 0.00000116. The molecule has 0 aliphatic rings. The fraction of sp³-hybridized carbons (Fsp3) is 0.385. The Bertz CT molecular complexity index is 682. The van der Waals surface area contributed by atoms with Gasteiger partial charge in [-0.05, 0) is 22.9 Å². The van der Waals surface area contributed by atoms with Gasteiger partial charge < -0.3 is 14.3 Å². The monoisotopic (exact) mass is 383 g/mol. The number of esters is 1. The van der Waals surface area contributed by atoms with E-state index in [1.165, 1.54) is 6.92 Å². The summed E-state index contributed by atoms with van der Waals surface area (Å²) >= 11 is 2.95. The van der Waals surface area contributed by atoms with Crippen LogP contribution in [0.1, 0.15) is 37.0 Å². The van der Waals surface area contributed by atoms with Gasteiger partial charge in [-0.2, -0.15) is 13.2 Å². The van der Waals surface area contributed by atoms with E-state index in [1.807, 2.05) is 13.8 Å². The van der Waals surface area contributed by atoms with Crippen LogP contribution in [0, 0.1) is 0 Å². The molecule has 0 fully saturated rings. The standard InChI is InChI=1S/C11H7BrF3NO4.C2H6/c1-2-19-10(18)8-6(17)5-7(20-8)4(12)3-16-9(5)11(13,14)15;1-2/h3,17H,2H2,1H3;1-2H3. The van der Waals surface area contributed by atoms with Crippen LogP contribution >= 0.6 is 15.9 Å². The van der Waals surface area contributed by atoms with Crippen LogP contribution in [0.5, 0.6) is 5.75 Å². The quantitative estimate of drug-likeness (QED) is 0.771. The van der Waals surface area contributed by atoms with E-state index in [4.69, 9.17) is 4.42 Å². The van der Waals surface area contributed by atoms with Crippen molar-refractivity contribution >= 4 is 32.9 Å². The molecule has 0 radical (unpaired) electrons. The number of furan rings is 1. The van der Waals surface area contributed by atoms with Crippen LogP contribution in [0.15, 0.2) is 15.1 Å². The van der Waals surface area contributed by atoms with Gasteiger partial charge in [0.05, 0.1) is 16.5 Å². The number of aromatic hydroxyl groups is 1. The average molecular weight is 384 g/mol. The van der Waals surface area contributed by atoms with Crippen molar-refractivity contribution in [2.45, 2.75) is 26.9 Å². The van der Waals surface area contributed by atoms with Crippen molar-refractivity contribution in [1.29, 1.82) is 0 Å². The fourth-order valence-corrected chi connectivity index (χ4v) is 1.99. The van der Waals surface area contributed by atoms with Gasteiger partial charge in [0.1, 0.15) is 0 Å². The Morgan fingerprint density at radius 1 is 1.45 bits per heavy atom. The van der Waals surface area contributed by atoms with Crippen LogP contribution in [-0.4, -0.2) is 22.7 Å². The average Bonchev–Trinajstić information content (AvgIpc) is 2.79. The van der Waals surface area contributed by atoms with E-state index in [-0.39, 0.29) is 16.7 Å². The number of hydrogen-bond donors (Lipinski definition) is 1. The van der Waals surface area contributed by atoms with Crippen LogP contribution in [0.25, 0.3) is 11.0 Å². The molecular formula is C13H13BrF3NO4. The van der Waals surface area contributed by atoms with E-state index >= 15 is 0 Å². The van der Waals surface area contributed by atoms with E-state index < -0.39 is 34.7 Å². The molecule has 5 nitrogen and oxygen atoms in total. The predicted octanol–water partition coefficient (Wildman–Crippen LogP) is 4.52. The normalized spacial score (nSPS) is 11.0. The molecule has 0 saturated heterocycles. The Morgan fingerprint density at radius 2 is 2.05 bits per heavy atom. The molecule has 0 aromatic carbocycles. The maximum absolute atomic E-state index is 12.8. The number of ether oxygens (including phenoxy) is 1. The lowest BCUT2D eigenvalue weighted by atomic mass is 10.2. The Hall–Kier alpha value is -1.77. The third-order valence-electron chi connectivity index (χ3n) is 2.37. The number of carbonyl (C=O) groups is 1. The van der Waals surface area contributed by atoms with Crippen molar-refractivity contribution in [3.05, 3.63) is 22.1 Å². The minimum Gasteiger partial charge on any atom is -0.503 e. The van der Waals surface area contributed by atoms with Gasteiger partial charge in [0.25, 0.3) is 5.76 Å². The molecule has 0 bridgehead atoms. The third-order valence-corrected chi connectivity index (χ3v) is 2.94. The van der Waals surface area contributed by atoms with Crippen LogP contribution in [0.3, 0.4) is 0 Å². The lowest BCUT2D eigenvalue weighted by molar-refractivity contribution is -0.139. The molecule has 0 spiro atoms. The molecule has 2 heterocycles. The highest BCUT2D eigenvalue weighted by Crippen LogP contribution is 2.43. The molecule has 1 N–H and O–H groups in total. The second kappa shape index (κ2) is 6.99. The number of carbonyl (C=O) groups excluding carboxylic acids is 1. The minimum absolute atomic E-state index is 0.0130. The number of pyridine rings is 1. The SMILES string of the molecule is CC.CCOC(=O)c1oc2c(Br)cnc(C(F)(F)F)c2c1O. The van der Waals surface area contributed by atoms with Crippen molar-refractivity contribution in [1.82, 2.24) is 4.98 Å². The summed E-state index contributed by atoms with van der Waals surface area (Å²) in [4.78, 5) is 14.7. The van der Waals surface area contributed by atoms with Gasteiger partial charge in [0.15, 0.2) is 17.0 Å². The summed E-state index contributed by atoms with van der Waals surface area (Å²) in [5, 5.41) is 9.11. The molecule has 22 heavy (non-hydrogen) atoms. The smallest absolute Gasteiger partial charge is 0.434 e. The molecule has 2 aromatic heterocycles. The van der Waals surface area contributed by atoms with Crippen LogP contribution < -0.4 is 0 Å². The highest BCUT2D eigenvalue weighted by atomic mass is 79.9. The van der Waals surface area contributed by atoms with Gasteiger partial charge >= 0.3 is 12.1 Å². The molecule has 0 aliphatic heterocycles. The summed E-state index contributed by atoms with van der Waals surface area (Å²) in [5.41, 5.74) is -1.67. The molecule has 9 heteroatoms. The van der Waals surface area contributed by atoms with E-state index in [9.17, 15) is 23.1 Å². The number of alkyl halides is 3. The second-order valence-corrected chi connectivity index (χ2v) is 4.51. The van der Waals surface area contributed by atoms with Crippen LogP contribution in [0.4, 0.5) is 13.2 Å². The van der Waals surface area contributed by atoms with E-state index in [2.05, 4.69) is 25.7 Å². The molecule has 122 valence electrons. The largest absolute Gasteiger partial charge is 0.503 e. The molecule has 0 saturated carbocycles. The number of aromatic nitrogens is 1. The Kier molecular flexibility index (Phi) is 5.81. The van der Waals surface area contributed by atoms with Crippen molar-refractivity contribution in [2.75, 3.05) is 6.61 Å². The van der Waals surface area contributed by atoms with Crippen LogP contribution in [-0.2, 0) is 10.9 Å². The summed E-state index contributed by atoms with van der Waals surface area (Å²) < 4.78 is 48.2. The van der Waals surface area contributed by atoms with Crippen molar-refractivity contribution < 1.29 is 32.2 Å². The van der Waals surface area contributed by atoms with Crippen molar-refractivity contribution in [3.8, 4) is 5.75 Å². The molecule has 0 aliphatic carbocycles. The first-order chi connectivity index (χ1) is 10.3. The maximum Gasteiger partial charge on any atom is 0.434 e. The lowest BCUT2D eigenvalue weighted by Gasteiger charge is -2.06. The van der Waals surface area contributed by atoms with Crippen molar-refractivity contribution in [3.63, 3.8) is 0 Å². The summed E-state index contributed by atoms with van der Waals surface area (Å²) in [6, 6.07) is 0. The first-order valence-electron chi connectivity index (χ1n) is 6.31. The Morgan fingerprint density at radius 3 is 2.55 bits per heavy atom. The summed E-state index contributed by atoms with van der Waals surface area (Å²) in [6.45, 7) is 5.50. The number of fused-ring (bicyclic) bond motifs is 1. The third kappa shape index (κ3) is 3.34. The predicted molar refractivity (Wildman–Crippen MR) is 75.7 cm³/mol. The van der Waals surface area contributed by atoms with Crippen LogP contribution in [0.2, 0.25) is 0 Å². The number of hydrogen-bond acceptors (Lipinski definition) is 5.